The first-order valence-electron chi connectivity index (χ1n) is 13.3. The van der Waals surface area contributed by atoms with Crippen molar-refractivity contribution >= 4 is 11.8 Å². The topological polar surface area (TPSA) is 86.5 Å². The summed E-state index contributed by atoms with van der Waals surface area (Å²) in [6.45, 7) is 4.29. The van der Waals surface area contributed by atoms with Crippen LogP contribution in [-0.2, 0) is 20.9 Å². The number of nitro groups is 1. The average Bonchev–Trinajstić information content (AvgIpc) is 2.85. The van der Waals surface area contributed by atoms with Crippen LogP contribution in [0.2, 0.25) is 0 Å². The minimum atomic E-state index is -0.596. The summed E-state index contributed by atoms with van der Waals surface area (Å²) in [6, 6.07) is 9.11. The minimum Gasteiger partial charge on any atom is -0.461 e. The number of rotatable bonds is 11. The summed E-state index contributed by atoms with van der Waals surface area (Å²) in [4.78, 5) is 38.1. The Kier molecular flexibility index (Phi) is 10.1. The largest absolute Gasteiger partial charge is 0.461 e. The fourth-order valence-electron chi connectivity index (χ4n) is 6.55. The summed E-state index contributed by atoms with van der Waals surface area (Å²) < 4.78 is 5.69. The lowest BCUT2D eigenvalue weighted by Gasteiger charge is -2.37. The van der Waals surface area contributed by atoms with E-state index in [1.807, 2.05) is 44.2 Å². The molecule has 0 unspecified atom stereocenters. The fourth-order valence-corrected chi connectivity index (χ4v) is 6.55. The lowest BCUT2D eigenvalue weighted by Crippen LogP contribution is -2.41. The first kappa shape index (κ1) is 26.4. The van der Waals surface area contributed by atoms with Gasteiger partial charge >= 0.3 is 5.97 Å². The molecule has 2 saturated carbocycles. The molecule has 6 atom stereocenters. The molecule has 2 aliphatic carbocycles. The molecule has 34 heavy (non-hydrogen) atoms. The zero-order valence-electron chi connectivity index (χ0n) is 20.8. The molecule has 0 bridgehead atoms. The SMILES string of the molecule is CC[C@H](C(=O)OCc1ccccc1)[C@@H]1CCCC[C@@H]1CC(=O)[C@@H](CC)[C@@H]1CCCC[C@H]1[N+](=O)[O-]. The third kappa shape index (κ3) is 6.67. The highest BCUT2D eigenvalue weighted by molar-refractivity contribution is 5.82. The standard InChI is InChI=1S/C28H41NO5/c1-3-22(25-16-10-11-17-26(25)29(32)33)27(30)18-21-14-8-9-15-24(21)23(4-2)28(31)34-19-20-12-6-5-7-13-20/h5-7,12-13,21-26H,3-4,8-11,14-19H2,1-2H3/t21-,22+,23+,24-,25+,26-/m1/s1. The molecule has 6 heteroatoms. The van der Waals surface area contributed by atoms with Crippen molar-refractivity contribution in [2.45, 2.75) is 97.1 Å². The van der Waals surface area contributed by atoms with E-state index in [-0.39, 0.29) is 52.9 Å². The Morgan fingerprint density at radius 1 is 0.941 bits per heavy atom. The van der Waals surface area contributed by atoms with E-state index in [0.29, 0.717) is 25.7 Å². The van der Waals surface area contributed by atoms with Gasteiger partial charge in [-0.15, -0.1) is 0 Å². The van der Waals surface area contributed by atoms with E-state index >= 15 is 0 Å². The summed E-state index contributed by atoms with van der Waals surface area (Å²) in [5.41, 5.74) is 0.972. The van der Waals surface area contributed by atoms with Gasteiger partial charge in [0.1, 0.15) is 12.4 Å². The second-order valence-corrected chi connectivity index (χ2v) is 10.3. The van der Waals surface area contributed by atoms with Crippen LogP contribution >= 0.6 is 0 Å². The van der Waals surface area contributed by atoms with Gasteiger partial charge in [0.15, 0.2) is 0 Å². The van der Waals surface area contributed by atoms with Crippen LogP contribution in [0.15, 0.2) is 30.3 Å². The lowest BCUT2D eigenvalue weighted by molar-refractivity contribution is -0.537. The molecule has 2 fully saturated rings. The molecule has 0 radical (unpaired) electrons. The fraction of sp³-hybridized carbons (Fsp3) is 0.714. The van der Waals surface area contributed by atoms with E-state index in [1.54, 1.807) is 0 Å². The number of ether oxygens (including phenoxy) is 1. The Morgan fingerprint density at radius 3 is 2.21 bits per heavy atom. The van der Waals surface area contributed by atoms with Crippen LogP contribution in [0.25, 0.3) is 0 Å². The van der Waals surface area contributed by atoms with Gasteiger partial charge in [-0.3, -0.25) is 19.7 Å². The van der Waals surface area contributed by atoms with E-state index in [1.165, 1.54) is 0 Å². The van der Waals surface area contributed by atoms with E-state index in [4.69, 9.17) is 4.74 Å². The normalized spacial score (nSPS) is 26.9. The Bertz CT molecular complexity index is 810. The molecule has 6 nitrogen and oxygen atoms in total. The van der Waals surface area contributed by atoms with Crippen molar-refractivity contribution in [1.29, 1.82) is 0 Å². The summed E-state index contributed by atoms with van der Waals surface area (Å²) >= 11 is 0. The molecule has 0 saturated heterocycles. The van der Waals surface area contributed by atoms with Crippen LogP contribution in [0.3, 0.4) is 0 Å². The van der Waals surface area contributed by atoms with Crippen LogP contribution in [-0.4, -0.2) is 22.7 Å². The Hall–Kier alpha value is -2.24. The Morgan fingerprint density at radius 2 is 1.56 bits per heavy atom. The van der Waals surface area contributed by atoms with Crippen molar-refractivity contribution in [3.05, 3.63) is 46.0 Å². The highest BCUT2D eigenvalue weighted by atomic mass is 16.6. The summed E-state index contributed by atoms with van der Waals surface area (Å²) in [6.07, 6.45) is 9.01. The number of esters is 1. The minimum absolute atomic E-state index is 0.140. The van der Waals surface area contributed by atoms with Crippen molar-refractivity contribution in [3.8, 4) is 0 Å². The lowest BCUT2D eigenvalue weighted by atomic mass is 9.67. The number of carbonyl (C=O) groups is 2. The molecule has 2 aliphatic rings. The van der Waals surface area contributed by atoms with Crippen LogP contribution in [0.4, 0.5) is 0 Å². The molecule has 1 aromatic rings. The second-order valence-electron chi connectivity index (χ2n) is 10.3. The van der Waals surface area contributed by atoms with Gasteiger partial charge in [-0.25, -0.2) is 0 Å². The second kappa shape index (κ2) is 13.0. The monoisotopic (exact) mass is 471 g/mol. The number of nitrogens with zero attached hydrogens (tertiary/aromatic N) is 1. The van der Waals surface area contributed by atoms with E-state index in [9.17, 15) is 19.7 Å². The van der Waals surface area contributed by atoms with Crippen LogP contribution in [0, 0.1) is 39.7 Å². The van der Waals surface area contributed by atoms with Crippen LogP contribution < -0.4 is 0 Å². The highest BCUT2D eigenvalue weighted by Gasteiger charge is 2.43. The van der Waals surface area contributed by atoms with Crippen molar-refractivity contribution < 1.29 is 19.2 Å². The molecule has 0 N–H and O–H groups in total. The molecule has 3 rings (SSSR count). The Labute approximate surface area is 204 Å². The third-order valence-electron chi connectivity index (χ3n) is 8.34. The first-order valence-corrected chi connectivity index (χ1v) is 13.3. The van der Waals surface area contributed by atoms with Gasteiger partial charge in [0.05, 0.1) is 5.92 Å². The smallest absolute Gasteiger partial charge is 0.309 e. The van der Waals surface area contributed by atoms with E-state index in [0.717, 1.165) is 50.5 Å². The maximum Gasteiger partial charge on any atom is 0.309 e. The van der Waals surface area contributed by atoms with Crippen LogP contribution in [0.1, 0.15) is 90.0 Å². The van der Waals surface area contributed by atoms with Crippen molar-refractivity contribution in [1.82, 2.24) is 0 Å². The molecule has 0 aliphatic heterocycles. The molecular formula is C28H41NO5. The maximum atomic E-state index is 13.5. The molecule has 0 heterocycles. The first-order chi connectivity index (χ1) is 16.5. The zero-order valence-corrected chi connectivity index (χ0v) is 20.8. The van der Waals surface area contributed by atoms with E-state index in [2.05, 4.69) is 0 Å². The summed E-state index contributed by atoms with van der Waals surface area (Å²) in [5, 5.41) is 11.7. The number of benzene rings is 1. The van der Waals surface area contributed by atoms with Gasteiger partial charge in [0.25, 0.3) is 0 Å². The maximum absolute atomic E-state index is 13.5. The van der Waals surface area contributed by atoms with Crippen molar-refractivity contribution in [2.24, 2.45) is 29.6 Å². The molecule has 188 valence electrons. The molecule has 0 spiro atoms. The Balaban J connectivity index is 1.66. The van der Waals surface area contributed by atoms with Crippen LogP contribution in [0.5, 0.6) is 0 Å². The van der Waals surface area contributed by atoms with E-state index < -0.39 is 6.04 Å². The quantitative estimate of drug-likeness (QED) is 0.212. The van der Waals surface area contributed by atoms with Gasteiger partial charge in [-0.1, -0.05) is 63.4 Å². The number of Topliss-reactive ketones (excluding diaryl/α,β-unsaturated/α-hetero) is 1. The number of hydrogen-bond donors (Lipinski definition) is 0. The van der Waals surface area contributed by atoms with Crippen molar-refractivity contribution in [3.63, 3.8) is 0 Å². The number of ketones is 1. The van der Waals surface area contributed by atoms with Gasteiger partial charge in [-0.2, -0.15) is 0 Å². The predicted octanol–water partition coefficient (Wildman–Crippen LogP) is 6.38. The third-order valence-corrected chi connectivity index (χ3v) is 8.34. The summed E-state index contributed by atoms with van der Waals surface area (Å²) in [5.74, 6) is -0.301. The average molecular weight is 472 g/mol. The summed E-state index contributed by atoms with van der Waals surface area (Å²) in [7, 11) is 0. The predicted molar refractivity (Wildman–Crippen MR) is 132 cm³/mol. The van der Waals surface area contributed by atoms with Gasteiger partial charge < -0.3 is 4.74 Å². The molecule has 1 aromatic carbocycles. The van der Waals surface area contributed by atoms with Gasteiger partial charge in [-0.05, 0) is 55.9 Å². The zero-order chi connectivity index (χ0) is 24.5. The number of hydrogen-bond acceptors (Lipinski definition) is 5. The molecule has 0 amide bonds. The molecular weight excluding hydrogens is 430 g/mol. The highest BCUT2D eigenvalue weighted by Crippen LogP contribution is 2.41. The number of carbonyl (C=O) groups excluding carboxylic acids is 2. The van der Waals surface area contributed by atoms with Gasteiger partial charge in [0, 0.05) is 29.6 Å². The van der Waals surface area contributed by atoms with Gasteiger partial charge in [0.2, 0.25) is 6.04 Å². The van der Waals surface area contributed by atoms with Crippen molar-refractivity contribution in [2.75, 3.05) is 0 Å². The molecule has 0 aromatic heterocycles.